The molecular weight excluding hydrogens is 548 g/mol. The summed E-state index contributed by atoms with van der Waals surface area (Å²) in [6.45, 7) is 8.51. The van der Waals surface area contributed by atoms with Crippen molar-refractivity contribution in [3.05, 3.63) is 146 Å². The van der Waals surface area contributed by atoms with Gasteiger partial charge < -0.3 is 4.42 Å². The van der Waals surface area contributed by atoms with Crippen LogP contribution in [0.4, 0.5) is 0 Å². The van der Waals surface area contributed by atoms with Crippen molar-refractivity contribution in [2.75, 3.05) is 0 Å². The largest absolute Gasteiger partial charge is 0.455 e. The van der Waals surface area contributed by atoms with Gasteiger partial charge in [0.05, 0.1) is 27.8 Å². The van der Waals surface area contributed by atoms with Crippen LogP contribution in [0, 0.1) is 0 Å². The number of aromatic nitrogens is 2. The van der Waals surface area contributed by atoms with Gasteiger partial charge in [-0.25, -0.2) is 9.97 Å². The van der Waals surface area contributed by atoms with E-state index >= 15 is 0 Å². The van der Waals surface area contributed by atoms with Crippen molar-refractivity contribution in [1.29, 1.82) is 0 Å². The molecule has 9 aromatic rings. The first-order chi connectivity index (χ1) is 22.2. The third-order valence-corrected chi connectivity index (χ3v) is 8.98. The van der Waals surface area contributed by atoms with Crippen molar-refractivity contribution < 1.29 is 4.42 Å². The Hall–Kier alpha value is -6.06. The van der Waals surface area contributed by atoms with E-state index in [1.54, 1.807) is 0 Å². The average Bonchev–Trinajstić information content (AvgIpc) is 3.50. The quantitative estimate of drug-likeness (QED) is 0.196. The van der Waals surface area contributed by atoms with Gasteiger partial charge in [-0.1, -0.05) is 128 Å². The number of benzene rings is 6. The van der Waals surface area contributed by atoms with Gasteiger partial charge in [-0.3, -0.25) is 0 Å². The number of para-hydroxylation sites is 1. The maximum Gasteiger partial charge on any atom is 0.146 e. The monoisotopic (exact) mass is 574 g/mol. The first-order valence-electron chi connectivity index (χ1n) is 15.1. The number of pyridine rings is 2. The molecule has 0 aliphatic heterocycles. The Balaban J connectivity index is 1.39. The van der Waals surface area contributed by atoms with Gasteiger partial charge in [-0.05, 0) is 34.5 Å². The lowest BCUT2D eigenvalue weighted by Gasteiger charge is -2.16. The van der Waals surface area contributed by atoms with Crippen molar-refractivity contribution in [2.24, 2.45) is 0 Å². The standard InChI is InChI=1S/C42H26N2O/c1-3-27-28(4-2)40(44-41-32-19-11-9-17-30(32)37-33-20-12-13-21-36(33)45-42(37)38(27)41)26-22-23-35-34(24-26)29-16-8-10-18-31(29)39(43-35)25-14-6-5-7-15-25/h3-24H,1-2H2. The zero-order chi connectivity index (χ0) is 30.1. The minimum Gasteiger partial charge on any atom is -0.455 e. The molecule has 0 aliphatic rings. The zero-order valence-electron chi connectivity index (χ0n) is 24.4. The van der Waals surface area contributed by atoms with Gasteiger partial charge in [0.2, 0.25) is 0 Å². The highest BCUT2D eigenvalue weighted by molar-refractivity contribution is 6.31. The van der Waals surface area contributed by atoms with Gasteiger partial charge in [0.15, 0.2) is 0 Å². The third-order valence-electron chi connectivity index (χ3n) is 8.98. The Morgan fingerprint density at radius 1 is 0.489 bits per heavy atom. The molecule has 3 heteroatoms. The molecule has 3 heterocycles. The Labute approximate surface area is 259 Å². The maximum absolute atomic E-state index is 6.58. The van der Waals surface area contributed by atoms with E-state index in [0.29, 0.717) is 0 Å². The van der Waals surface area contributed by atoms with E-state index in [2.05, 4.69) is 116 Å². The van der Waals surface area contributed by atoms with Crippen LogP contribution in [0.1, 0.15) is 11.1 Å². The summed E-state index contributed by atoms with van der Waals surface area (Å²) in [5.74, 6) is 0. The molecule has 0 bridgehead atoms. The fraction of sp³-hybridized carbons (Fsp3) is 0. The first kappa shape index (κ1) is 25.4. The first-order valence-corrected chi connectivity index (χ1v) is 15.1. The molecule has 6 aromatic carbocycles. The molecule has 0 spiro atoms. The van der Waals surface area contributed by atoms with Crippen molar-refractivity contribution in [3.63, 3.8) is 0 Å². The van der Waals surface area contributed by atoms with Crippen LogP contribution >= 0.6 is 0 Å². The Kier molecular flexibility index (Phi) is 5.50. The molecule has 0 saturated carbocycles. The van der Waals surface area contributed by atoms with Gasteiger partial charge in [-0.2, -0.15) is 0 Å². The normalized spacial score (nSPS) is 11.7. The van der Waals surface area contributed by atoms with Crippen molar-refractivity contribution in [3.8, 4) is 22.5 Å². The molecule has 0 N–H and O–H groups in total. The van der Waals surface area contributed by atoms with E-state index in [1.807, 2.05) is 30.4 Å². The predicted molar refractivity (Wildman–Crippen MR) is 190 cm³/mol. The number of furan rings is 1. The van der Waals surface area contributed by atoms with E-state index in [1.165, 1.54) is 0 Å². The fourth-order valence-corrected chi connectivity index (χ4v) is 7.00. The summed E-state index contributed by atoms with van der Waals surface area (Å²) in [7, 11) is 0. The minimum atomic E-state index is 0.823. The van der Waals surface area contributed by atoms with Crippen LogP contribution < -0.4 is 0 Å². The summed E-state index contributed by atoms with van der Waals surface area (Å²) in [5, 5.41) is 8.69. The molecule has 210 valence electrons. The van der Waals surface area contributed by atoms with E-state index in [4.69, 9.17) is 14.4 Å². The van der Waals surface area contributed by atoms with E-state index in [0.717, 1.165) is 98.9 Å². The second-order valence-electron chi connectivity index (χ2n) is 11.4. The van der Waals surface area contributed by atoms with Crippen molar-refractivity contribution >= 4 is 77.4 Å². The summed E-state index contributed by atoms with van der Waals surface area (Å²) in [6.07, 6.45) is 3.80. The number of rotatable bonds is 4. The lowest BCUT2D eigenvalue weighted by atomic mass is 9.91. The Bertz CT molecular complexity index is 2680. The zero-order valence-corrected chi connectivity index (χ0v) is 24.4. The van der Waals surface area contributed by atoms with E-state index in [-0.39, 0.29) is 0 Å². The van der Waals surface area contributed by atoms with Crippen LogP contribution in [0.3, 0.4) is 0 Å². The molecular formula is C42H26N2O. The number of fused-ring (bicyclic) bond motifs is 11. The predicted octanol–water partition coefficient (Wildman–Crippen LogP) is 11.6. The molecule has 0 fully saturated rings. The van der Waals surface area contributed by atoms with Crippen molar-refractivity contribution in [2.45, 2.75) is 0 Å². The molecule has 0 amide bonds. The molecule has 0 radical (unpaired) electrons. The lowest BCUT2D eigenvalue weighted by molar-refractivity contribution is 0.673. The summed E-state index contributed by atoms with van der Waals surface area (Å²) in [5.41, 5.74) is 9.32. The highest BCUT2D eigenvalue weighted by Gasteiger charge is 2.22. The number of hydrogen-bond acceptors (Lipinski definition) is 3. The average molecular weight is 575 g/mol. The van der Waals surface area contributed by atoms with Gasteiger partial charge in [0, 0.05) is 43.6 Å². The van der Waals surface area contributed by atoms with Crippen LogP contribution in [0.25, 0.3) is 100.0 Å². The molecule has 0 unspecified atom stereocenters. The smallest absolute Gasteiger partial charge is 0.146 e. The van der Waals surface area contributed by atoms with Crippen LogP contribution in [0.5, 0.6) is 0 Å². The maximum atomic E-state index is 6.58. The van der Waals surface area contributed by atoms with Gasteiger partial charge >= 0.3 is 0 Å². The Morgan fingerprint density at radius 3 is 1.93 bits per heavy atom. The molecule has 45 heavy (non-hydrogen) atoms. The second kappa shape index (κ2) is 9.73. The second-order valence-corrected chi connectivity index (χ2v) is 11.4. The summed E-state index contributed by atoms with van der Waals surface area (Å²) in [4.78, 5) is 10.6. The summed E-state index contributed by atoms with van der Waals surface area (Å²) < 4.78 is 6.58. The molecule has 0 aliphatic carbocycles. The van der Waals surface area contributed by atoms with E-state index in [9.17, 15) is 0 Å². The van der Waals surface area contributed by atoms with Crippen LogP contribution in [-0.4, -0.2) is 9.97 Å². The van der Waals surface area contributed by atoms with Crippen LogP contribution in [-0.2, 0) is 0 Å². The van der Waals surface area contributed by atoms with Crippen molar-refractivity contribution in [1.82, 2.24) is 9.97 Å². The van der Waals surface area contributed by atoms with Crippen LogP contribution in [0.2, 0.25) is 0 Å². The Morgan fingerprint density at radius 2 is 1.16 bits per heavy atom. The SMILES string of the molecule is C=Cc1c(-c2ccc3nc(-c4ccccc4)c4ccccc4c3c2)nc2c3ccccc3c3c4ccccc4oc3c2c1C=C. The number of hydrogen-bond donors (Lipinski definition) is 0. The topological polar surface area (TPSA) is 38.9 Å². The van der Waals surface area contributed by atoms with Gasteiger partial charge in [0.25, 0.3) is 0 Å². The lowest BCUT2D eigenvalue weighted by Crippen LogP contribution is -1.97. The fourth-order valence-electron chi connectivity index (χ4n) is 7.00. The van der Waals surface area contributed by atoms with Gasteiger partial charge in [0.1, 0.15) is 11.2 Å². The number of nitrogens with zero attached hydrogens (tertiary/aromatic N) is 2. The summed E-state index contributed by atoms with van der Waals surface area (Å²) >= 11 is 0. The molecule has 3 nitrogen and oxygen atoms in total. The molecule has 9 rings (SSSR count). The highest BCUT2D eigenvalue weighted by atomic mass is 16.3. The highest BCUT2D eigenvalue weighted by Crippen LogP contribution is 2.44. The molecule has 3 aromatic heterocycles. The molecule has 0 atom stereocenters. The molecule has 0 saturated heterocycles. The van der Waals surface area contributed by atoms with Crippen LogP contribution in [0.15, 0.2) is 139 Å². The van der Waals surface area contributed by atoms with E-state index < -0.39 is 0 Å². The third kappa shape index (κ3) is 3.65. The van der Waals surface area contributed by atoms with Gasteiger partial charge in [-0.15, -0.1) is 0 Å². The summed E-state index contributed by atoms with van der Waals surface area (Å²) in [6, 6.07) is 42.0. The minimum absolute atomic E-state index is 0.823.